The lowest BCUT2D eigenvalue weighted by atomic mass is 9.90. The molecule has 0 heterocycles. The monoisotopic (exact) mass is 282 g/mol. The van der Waals surface area contributed by atoms with Gasteiger partial charge in [-0.25, -0.2) is 4.79 Å². The molecule has 1 aromatic rings. The molecule has 6 heteroatoms. The summed E-state index contributed by atoms with van der Waals surface area (Å²) in [5, 5.41) is 10.5. The molecule has 102 valence electrons. The Kier molecular flexibility index (Phi) is 5.24. The summed E-state index contributed by atoms with van der Waals surface area (Å²) in [5.41, 5.74) is 7.89. The van der Waals surface area contributed by atoms with Gasteiger partial charge in [0.15, 0.2) is 0 Å². The highest BCUT2D eigenvalue weighted by molar-refractivity contribution is 6.39. The van der Waals surface area contributed by atoms with Gasteiger partial charge in [0.25, 0.3) is 0 Å². The molecule has 0 saturated carbocycles. The second kappa shape index (κ2) is 6.48. The first-order chi connectivity index (χ1) is 8.99. The van der Waals surface area contributed by atoms with Crippen molar-refractivity contribution in [2.45, 2.75) is 19.4 Å². The van der Waals surface area contributed by atoms with Gasteiger partial charge in [0.2, 0.25) is 5.60 Å². The van der Waals surface area contributed by atoms with E-state index in [9.17, 15) is 9.90 Å². The summed E-state index contributed by atoms with van der Waals surface area (Å²) in [6.45, 7) is 3.60. The van der Waals surface area contributed by atoms with Crippen molar-refractivity contribution in [3.8, 4) is 0 Å². The SMILES string of the molecule is CCOC(=O)C(=[N+]=[N-])C(O)(CCl)c1ccc(C)cc1. The summed E-state index contributed by atoms with van der Waals surface area (Å²) in [6.07, 6.45) is 0. The molecule has 0 fully saturated rings. The van der Waals surface area contributed by atoms with Gasteiger partial charge >= 0.3 is 11.7 Å². The van der Waals surface area contributed by atoms with E-state index in [0.717, 1.165) is 5.56 Å². The zero-order chi connectivity index (χ0) is 14.5. The van der Waals surface area contributed by atoms with Crippen molar-refractivity contribution in [1.82, 2.24) is 0 Å². The summed E-state index contributed by atoms with van der Waals surface area (Å²) >= 11 is 5.75. The van der Waals surface area contributed by atoms with Crippen LogP contribution in [0.1, 0.15) is 18.1 Å². The van der Waals surface area contributed by atoms with E-state index in [2.05, 4.69) is 4.79 Å². The fourth-order valence-electron chi connectivity index (χ4n) is 1.60. The van der Waals surface area contributed by atoms with Crippen molar-refractivity contribution in [1.29, 1.82) is 0 Å². The Morgan fingerprint density at radius 1 is 1.47 bits per heavy atom. The van der Waals surface area contributed by atoms with Gasteiger partial charge < -0.3 is 15.4 Å². The Hall–Kier alpha value is -1.68. The van der Waals surface area contributed by atoms with E-state index in [1.165, 1.54) is 0 Å². The van der Waals surface area contributed by atoms with Gasteiger partial charge in [-0.05, 0) is 19.4 Å². The molecule has 5 nitrogen and oxygen atoms in total. The van der Waals surface area contributed by atoms with E-state index in [1.54, 1.807) is 31.2 Å². The second-order valence-electron chi connectivity index (χ2n) is 4.03. The maximum absolute atomic E-state index is 11.7. The number of hydrogen-bond acceptors (Lipinski definition) is 3. The molecule has 0 aliphatic heterocycles. The Morgan fingerprint density at radius 3 is 2.47 bits per heavy atom. The standard InChI is InChI=1S/C13H15ClN2O3/c1-3-19-12(17)11(16-15)13(18,8-14)10-6-4-9(2)5-7-10/h4-7,18H,3,8H2,1-2H3. The van der Waals surface area contributed by atoms with E-state index in [1.807, 2.05) is 6.92 Å². The second-order valence-corrected chi connectivity index (χ2v) is 4.30. The van der Waals surface area contributed by atoms with Crippen LogP contribution in [0.15, 0.2) is 24.3 Å². The minimum Gasteiger partial charge on any atom is -0.457 e. The predicted octanol–water partition coefficient (Wildman–Crippen LogP) is 1.66. The maximum Gasteiger partial charge on any atom is 0.420 e. The number of halogens is 1. The fourth-order valence-corrected chi connectivity index (χ4v) is 1.88. The van der Waals surface area contributed by atoms with Crippen LogP contribution in [0.3, 0.4) is 0 Å². The lowest BCUT2D eigenvalue weighted by molar-refractivity contribution is -0.143. The normalized spacial score (nSPS) is 13.3. The summed E-state index contributed by atoms with van der Waals surface area (Å²) in [7, 11) is 0. The van der Waals surface area contributed by atoms with Crippen LogP contribution in [0.5, 0.6) is 0 Å². The first kappa shape index (κ1) is 15.4. The van der Waals surface area contributed by atoms with E-state index in [4.69, 9.17) is 21.9 Å². The molecule has 0 aliphatic carbocycles. The number of benzene rings is 1. The summed E-state index contributed by atoms with van der Waals surface area (Å²) in [6, 6.07) is 6.74. The van der Waals surface area contributed by atoms with Crippen molar-refractivity contribution in [2.24, 2.45) is 0 Å². The molecule has 0 aromatic heterocycles. The number of nitrogens with zero attached hydrogens (tertiary/aromatic N) is 2. The molecule has 1 N–H and O–H groups in total. The zero-order valence-electron chi connectivity index (χ0n) is 10.8. The van der Waals surface area contributed by atoms with Crippen molar-refractivity contribution >= 4 is 23.3 Å². The van der Waals surface area contributed by atoms with Gasteiger partial charge in [0, 0.05) is 0 Å². The topological polar surface area (TPSA) is 82.9 Å². The number of esters is 1. The third-order valence-electron chi connectivity index (χ3n) is 2.68. The Morgan fingerprint density at radius 2 is 2.05 bits per heavy atom. The molecule has 0 spiro atoms. The lowest BCUT2D eigenvalue weighted by Gasteiger charge is -2.20. The van der Waals surface area contributed by atoms with Gasteiger partial charge in [0.05, 0.1) is 12.5 Å². The molecule has 0 bridgehead atoms. The van der Waals surface area contributed by atoms with Gasteiger partial charge in [-0.1, -0.05) is 29.8 Å². The molecule has 1 aromatic carbocycles. The third kappa shape index (κ3) is 3.20. The number of aliphatic hydroxyl groups is 1. The zero-order valence-corrected chi connectivity index (χ0v) is 11.5. The van der Waals surface area contributed by atoms with Gasteiger partial charge in [0.1, 0.15) is 0 Å². The molecule has 0 amide bonds. The molecule has 0 saturated heterocycles. The van der Waals surface area contributed by atoms with E-state index in [-0.39, 0.29) is 12.5 Å². The van der Waals surface area contributed by atoms with E-state index < -0.39 is 17.3 Å². The number of alkyl halides is 1. The molecule has 1 unspecified atom stereocenters. The summed E-state index contributed by atoms with van der Waals surface area (Å²) in [4.78, 5) is 14.5. The van der Waals surface area contributed by atoms with Crippen LogP contribution in [0, 0.1) is 6.92 Å². The minimum absolute atomic E-state index is 0.101. The molecule has 19 heavy (non-hydrogen) atoms. The number of hydrogen-bond donors (Lipinski definition) is 1. The molecule has 1 rings (SSSR count). The first-order valence-corrected chi connectivity index (χ1v) is 6.28. The molecule has 0 aliphatic rings. The van der Waals surface area contributed by atoms with Crippen LogP contribution >= 0.6 is 11.6 Å². The number of carbonyl (C=O) groups is 1. The van der Waals surface area contributed by atoms with Crippen molar-refractivity contribution < 1.29 is 19.4 Å². The smallest absolute Gasteiger partial charge is 0.420 e. The van der Waals surface area contributed by atoms with Crippen molar-refractivity contribution in [3.05, 3.63) is 40.9 Å². The quantitative estimate of drug-likeness (QED) is 0.293. The molecular formula is C13H15ClN2O3. The maximum atomic E-state index is 11.7. The van der Waals surface area contributed by atoms with Crippen LogP contribution in [0.25, 0.3) is 5.53 Å². The van der Waals surface area contributed by atoms with E-state index >= 15 is 0 Å². The number of ether oxygens (including phenoxy) is 1. The highest BCUT2D eigenvalue weighted by atomic mass is 35.5. The third-order valence-corrected chi connectivity index (χ3v) is 3.07. The van der Waals surface area contributed by atoms with Gasteiger partial charge in [-0.15, -0.1) is 11.6 Å². The predicted molar refractivity (Wildman–Crippen MR) is 71.1 cm³/mol. The van der Waals surface area contributed by atoms with Crippen LogP contribution in [0.4, 0.5) is 0 Å². The van der Waals surface area contributed by atoms with Gasteiger partial charge in [-0.3, -0.25) is 0 Å². The van der Waals surface area contributed by atoms with Crippen LogP contribution < -0.4 is 0 Å². The van der Waals surface area contributed by atoms with Crippen LogP contribution in [-0.4, -0.2) is 34.1 Å². The largest absolute Gasteiger partial charge is 0.457 e. The van der Waals surface area contributed by atoms with Crippen molar-refractivity contribution in [2.75, 3.05) is 12.5 Å². The fraction of sp³-hybridized carbons (Fsp3) is 0.385. The highest BCUT2D eigenvalue weighted by Gasteiger charge is 2.47. The molecule has 1 atom stereocenters. The number of rotatable bonds is 5. The van der Waals surface area contributed by atoms with E-state index in [0.29, 0.717) is 5.56 Å². The Labute approximate surface area is 116 Å². The Balaban J connectivity index is 3.25. The lowest BCUT2D eigenvalue weighted by Crippen LogP contribution is -2.44. The first-order valence-electron chi connectivity index (χ1n) is 5.74. The van der Waals surface area contributed by atoms with Crippen LogP contribution in [-0.2, 0) is 15.1 Å². The average molecular weight is 283 g/mol. The van der Waals surface area contributed by atoms with Gasteiger partial charge in [-0.2, -0.15) is 4.79 Å². The average Bonchev–Trinajstić information content (AvgIpc) is 2.40. The Bertz CT molecular complexity index is 509. The number of aryl methyl sites for hydroxylation is 1. The number of carbonyl (C=O) groups excluding carboxylic acids is 1. The van der Waals surface area contributed by atoms with Crippen molar-refractivity contribution in [3.63, 3.8) is 0 Å². The minimum atomic E-state index is -1.89. The van der Waals surface area contributed by atoms with Crippen LogP contribution in [0.2, 0.25) is 0 Å². The summed E-state index contributed by atoms with van der Waals surface area (Å²) in [5.74, 6) is -1.25. The molecule has 0 radical (unpaired) electrons. The molecular weight excluding hydrogens is 268 g/mol. The highest BCUT2D eigenvalue weighted by Crippen LogP contribution is 2.25. The summed E-state index contributed by atoms with van der Waals surface area (Å²) < 4.78 is 4.74.